The van der Waals surface area contributed by atoms with Crippen LogP contribution in [0.15, 0.2) is 59.7 Å². The second-order valence-corrected chi connectivity index (χ2v) is 10.3. The number of H-pyrrole nitrogens is 1. The van der Waals surface area contributed by atoms with E-state index in [1.54, 1.807) is 0 Å². The molecular weight excluding hydrogens is 509 g/mol. The molecule has 1 N–H and O–H groups in total. The highest BCUT2D eigenvalue weighted by Gasteiger charge is 2.29. The highest BCUT2D eigenvalue weighted by molar-refractivity contribution is 7.10. The van der Waals surface area contributed by atoms with E-state index < -0.39 is 0 Å². The molecule has 2 aliphatic rings. The minimum Gasteiger partial charge on any atom is -0.473 e. The third-order valence-electron chi connectivity index (χ3n) is 7.26. The summed E-state index contributed by atoms with van der Waals surface area (Å²) in [6.45, 7) is 6.79. The Bertz CT molecular complexity index is 1410. The van der Waals surface area contributed by atoms with Gasteiger partial charge in [-0.25, -0.2) is 4.98 Å². The van der Waals surface area contributed by atoms with E-state index in [0.717, 1.165) is 69.2 Å². The van der Waals surface area contributed by atoms with Crippen molar-refractivity contribution >= 4 is 9.47 Å². The predicted octanol–water partition coefficient (Wildman–Crippen LogP) is 2.95. The second kappa shape index (κ2) is 13.0. The van der Waals surface area contributed by atoms with Gasteiger partial charge in [0, 0.05) is 62.7 Å². The molecule has 2 atom stereocenters. The fourth-order valence-electron chi connectivity index (χ4n) is 5.02. The van der Waals surface area contributed by atoms with Crippen LogP contribution >= 0.6 is 9.47 Å². The van der Waals surface area contributed by atoms with Gasteiger partial charge in [0.25, 0.3) is 5.56 Å². The van der Waals surface area contributed by atoms with Crippen molar-refractivity contribution in [3.63, 3.8) is 0 Å². The maximum absolute atomic E-state index is 12.2. The normalized spacial score (nSPS) is 16.9. The zero-order chi connectivity index (χ0) is 27.0. The molecule has 3 aromatic rings. The largest absolute Gasteiger partial charge is 0.473 e. The number of hydrogen-bond acceptors (Lipinski definition) is 7. The minimum atomic E-state index is -0.304. The number of nitriles is 1. The molecule has 1 aromatic heterocycles. The summed E-state index contributed by atoms with van der Waals surface area (Å²) in [5.41, 5.74) is 4.64. The van der Waals surface area contributed by atoms with E-state index >= 15 is 0 Å². The summed E-state index contributed by atoms with van der Waals surface area (Å²) in [6.07, 6.45) is 1.95. The number of likely N-dealkylation sites (tertiary alicyclic amines) is 1. The van der Waals surface area contributed by atoms with Crippen LogP contribution < -0.4 is 10.1 Å². The summed E-state index contributed by atoms with van der Waals surface area (Å²) in [7, 11) is 2.13. The van der Waals surface area contributed by atoms with Crippen LogP contribution in [0.2, 0.25) is 0 Å². The van der Waals surface area contributed by atoms with Crippen LogP contribution in [0.4, 0.5) is 0 Å². The topological polar surface area (TPSA) is 94.5 Å². The van der Waals surface area contributed by atoms with Crippen LogP contribution in [0.25, 0.3) is 0 Å². The lowest BCUT2D eigenvalue weighted by Crippen LogP contribution is -2.47. The SMILES string of the molecule is N#CC1CN(C[C@@H](Cc2nc[nH]c(=O)c2OP)c2ccc(C#Cc3ccc(CN4CCOCC4)cc3)cc2)C1. The Kier molecular flexibility index (Phi) is 9.04. The fraction of sp³-hybridized carbons (Fsp3) is 0.367. The zero-order valence-corrected chi connectivity index (χ0v) is 23.0. The van der Waals surface area contributed by atoms with Crippen LogP contribution in [-0.4, -0.2) is 65.7 Å². The van der Waals surface area contributed by atoms with E-state index in [1.807, 2.05) is 12.1 Å². The summed E-state index contributed by atoms with van der Waals surface area (Å²) in [6, 6.07) is 19.0. The highest BCUT2D eigenvalue weighted by Crippen LogP contribution is 2.28. The van der Waals surface area contributed by atoms with Gasteiger partial charge in [0.1, 0.15) is 0 Å². The quantitative estimate of drug-likeness (QED) is 0.346. The van der Waals surface area contributed by atoms with Crippen LogP contribution in [0, 0.1) is 29.1 Å². The predicted molar refractivity (Wildman–Crippen MR) is 152 cm³/mol. The highest BCUT2D eigenvalue weighted by atomic mass is 31.0. The molecule has 5 rings (SSSR count). The first-order chi connectivity index (χ1) is 19.1. The van der Waals surface area contributed by atoms with Crippen molar-refractivity contribution in [3.8, 4) is 23.7 Å². The third kappa shape index (κ3) is 7.12. The summed E-state index contributed by atoms with van der Waals surface area (Å²) >= 11 is 0. The van der Waals surface area contributed by atoms with Crippen LogP contribution in [0.1, 0.15) is 33.9 Å². The lowest BCUT2D eigenvalue weighted by atomic mass is 9.90. The van der Waals surface area contributed by atoms with Crippen molar-refractivity contribution in [2.75, 3.05) is 45.9 Å². The molecule has 0 amide bonds. The zero-order valence-electron chi connectivity index (χ0n) is 21.8. The molecule has 0 aliphatic carbocycles. The van der Waals surface area contributed by atoms with Gasteiger partial charge in [-0.3, -0.25) is 9.69 Å². The molecule has 8 nitrogen and oxygen atoms in total. The van der Waals surface area contributed by atoms with Crippen molar-refractivity contribution < 1.29 is 9.26 Å². The molecule has 0 spiro atoms. The Hall–Kier alpha value is -3.52. The van der Waals surface area contributed by atoms with E-state index in [2.05, 4.69) is 83.5 Å². The monoisotopic (exact) mass is 541 g/mol. The van der Waals surface area contributed by atoms with Crippen molar-refractivity contribution in [1.82, 2.24) is 19.8 Å². The minimum absolute atomic E-state index is 0.0823. The number of nitrogens with one attached hydrogen (secondary N) is 1. The van der Waals surface area contributed by atoms with E-state index in [4.69, 9.17) is 9.26 Å². The van der Waals surface area contributed by atoms with Crippen molar-refractivity contribution in [1.29, 1.82) is 5.26 Å². The first-order valence-electron chi connectivity index (χ1n) is 13.2. The number of morpholine rings is 1. The summed E-state index contributed by atoms with van der Waals surface area (Å²) < 4.78 is 10.7. The van der Waals surface area contributed by atoms with Gasteiger partial charge in [0.15, 0.2) is 0 Å². The second-order valence-electron chi connectivity index (χ2n) is 10.0. The Labute approximate surface area is 231 Å². The van der Waals surface area contributed by atoms with Gasteiger partial charge in [0.2, 0.25) is 5.75 Å². The summed E-state index contributed by atoms with van der Waals surface area (Å²) in [4.78, 5) is 23.8. The average Bonchev–Trinajstić information content (AvgIpc) is 2.95. The van der Waals surface area contributed by atoms with E-state index in [9.17, 15) is 10.1 Å². The number of ether oxygens (including phenoxy) is 1. The van der Waals surface area contributed by atoms with Gasteiger partial charge in [0.05, 0.1) is 46.7 Å². The number of aromatic amines is 1. The molecule has 0 bridgehead atoms. The summed E-state index contributed by atoms with van der Waals surface area (Å²) in [5.74, 6) is 6.93. The molecule has 39 heavy (non-hydrogen) atoms. The maximum atomic E-state index is 12.2. The summed E-state index contributed by atoms with van der Waals surface area (Å²) in [5, 5.41) is 9.17. The number of rotatable bonds is 8. The van der Waals surface area contributed by atoms with Gasteiger partial charge in [-0.1, -0.05) is 36.1 Å². The molecule has 3 heterocycles. The number of hydrogen-bond donors (Lipinski definition) is 1. The van der Waals surface area contributed by atoms with Crippen molar-refractivity contribution in [2.45, 2.75) is 18.9 Å². The van der Waals surface area contributed by atoms with Crippen LogP contribution in [-0.2, 0) is 17.7 Å². The lowest BCUT2D eigenvalue weighted by Gasteiger charge is -2.37. The molecule has 2 fully saturated rings. The number of benzene rings is 2. The standard InChI is InChI=1S/C30H32N5O3P/c31-16-25-18-35(19-25)20-27(15-28-29(38-39)30(36)33-21-32-28)26-9-7-23(8-10-26)2-1-22-3-5-24(6-4-22)17-34-11-13-37-14-12-34/h3-10,21,25,27H,11-15,17-20,39H2,(H,32,33,36)/t27-/m1/s1. The molecule has 2 saturated heterocycles. The molecular formula is C30H32N5O3P. The maximum Gasteiger partial charge on any atom is 0.293 e. The first kappa shape index (κ1) is 27.1. The van der Waals surface area contributed by atoms with Crippen molar-refractivity contribution in [3.05, 3.63) is 93.2 Å². The molecule has 0 saturated carbocycles. The van der Waals surface area contributed by atoms with E-state index in [0.29, 0.717) is 12.1 Å². The fourth-order valence-corrected chi connectivity index (χ4v) is 5.26. The average molecular weight is 542 g/mol. The Morgan fingerprint density at radius 2 is 1.72 bits per heavy atom. The van der Waals surface area contributed by atoms with Gasteiger partial charge in [-0.05, 0) is 35.4 Å². The van der Waals surface area contributed by atoms with Crippen molar-refractivity contribution in [2.24, 2.45) is 5.92 Å². The van der Waals surface area contributed by atoms with Crippen LogP contribution in [0.5, 0.6) is 5.75 Å². The third-order valence-corrected chi connectivity index (χ3v) is 7.49. The molecule has 200 valence electrons. The lowest BCUT2D eigenvalue weighted by molar-refractivity contribution is 0.0342. The smallest absolute Gasteiger partial charge is 0.293 e. The van der Waals surface area contributed by atoms with Gasteiger partial charge < -0.3 is 19.1 Å². The van der Waals surface area contributed by atoms with Gasteiger partial charge in [-0.2, -0.15) is 5.26 Å². The van der Waals surface area contributed by atoms with Gasteiger partial charge in [-0.15, -0.1) is 0 Å². The molecule has 0 radical (unpaired) electrons. The van der Waals surface area contributed by atoms with Crippen LogP contribution in [0.3, 0.4) is 0 Å². The number of nitrogens with zero attached hydrogens (tertiary/aromatic N) is 4. The van der Waals surface area contributed by atoms with E-state index in [1.165, 1.54) is 11.9 Å². The number of aromatic nitrogens is 2. The Morgan fingerprint density at radius 3 is 2.36 bits per heavy atom. The van der Waals surface area contributed by atoms with E-state index in [-0.39, 0.29) is 23.1 Å². The first-order valence-corrected chi connectivity index (χ1v) is 13.6. The van der Waals surface area contributed by atoms with Gasteiger partial charge >= 0.3 is 0 Å². The molecule has 9 heteroatoms. The molecule has 1 unspecified atom stereocenters. The molecule has 2 aromatic carbocycles. The Morgan fingerprint density at radius 1 is 1.05 bits per heavy atom. The molecule has 2 aliphatic heterocycles. The Balaban J connectivity index is 1.27.